The molecule has 0 spiro atoms. The second kappa shape index (κ2) is 7.35. The maximum atomic E-state index is 12.3. The van der Waals surface area contributed by atoms with Crippen LogP contribution in [0.4, 0.5) is 0 Å². The minimum absolute atomic E-state index is 0.0761. The topological polar surface area (TPSA) is 85.9 Å². The van der Waals surface area contributed by atoms with Crippen molar-refractivity contribution in [2.24, 2.45) is 5.73 Å². The molecule has 0 fully saturated rings. The number of rotatable bonds is 7. The predicted octanol–water partition coefficient (Wildman–Crippen LogP) is 2.13. The largest absolute Gasteiger partial charge is 0.326 e. The minimum atomic E-state index is -3.28. The number of nitrogens with two attached hydrogens (primary N) is 1. The number of benzene rings is 1. The molecule has 5 nitrogen and oxygen atoms in total. The zero-order chi connectivity index (χ0) is 15.3. The number of aromatic nitrogens is 2. The van der Waals surface area contributed by atoms with Gasteiger partial charge in [0.2, 0.25) is 0 Å². The van der Waals surface area contributed by atoms with Gasteiger partial charge in [0.25, 0.3) is 0 Å². The van der Waals surface area contributed by atoms with Gasteiger partial charge in [-0.2, -0.15) is 4.37 Å². The van der Waals surface area contributed by atoms with Gasteiger partial charge >= 0.3 is 0 Å². The van der Waals surface area contributed by atoms with E-state index in [1.165, 1.54) is 23.3 Å². The monoisotopic (exact) mass is 343 g/mol. The van der Waals surface area contributed by atoms with E-state index < -0.39 is 9.84 Å². The molecule has 2 N–H and O–H groups in total. The van der Waals surface area contributed by atoms with E-state index in [0.29, 0.717) is 17.2 Å². The predicted molar refractivity (Wildman–Crippen MR) is 86.4 cm³/mol. The fourth-order valence-corrected chi connectivity index (χ4v) is 5.14. The van der Waals surface area contributed by atoms with Gasteiger partial charge in [0.05, 0.1) is 10.6 Å². The molecule has 0 aliphatic rings. The molecule has 0 saturated carbocycles. The van der Waals surface area contributed by atoms with Crippen LogP contribution in [-0.2, 0) is 22.8 Å². The van der Waals surface area contributed by atoms with E-state index in [0.717, 1.165) is 22.1 Å². The van der Waals surface area contributed by atoms with Crippen LogP contribution in [0.25, 0.3) is 0 Å². The third-order valence-electron chi connectivity index (χ3n) is 2.84. The lowest BCUT2D eigenvalue weighted by Gasteiger charge is -2.05. The maximum Gasteiger partial charge on any atom is 0.179 e. The molecule has 0 atom stereocenters. The summed E-state index contributed by atoms with van der Waals surface area (Å²) in [4.78, 5) is 4.64. The lowest BCUT2D eigenvalue weighted by Crippen LogP contribution is -2.09. The second-order valence-corrected chi connectivity index (χ2v) is 8.55. The highest BCUT2D eigenvalue weighted by molar-refractivity contribution is 8.02. The first-order valence-corrected chi connectivity index (χ1v) is 9.93. The number of hydrogen-bond acceptors (Lipinski definition) is 7. The normalized spacial score (nSPS) is 11.7. The van der Waals surface area contributed by atoms with E-state index in [1.807, 2.05) is 13.0 Å². The molecule has 1 aromatic heterocycles. The third kappa shape index (κ3) is 4.50. The van der Waals surface area contributed by atoms with Crippen LogP contribution in [0.5, 0.6) is 0 Å². The SMILES string of the molecule is CCc1nsc(SCCS(=O)(=O)c2cccc(CN)c2)n1. The van der Waals surface area contributed by atoms with Gasteiger partial charge in [-0.3, -0.25) is 0 Å². The van der Waals surface area contributed by atoms with Crippen molar-refractivity contribution in [1.82, 2.24) is 9.36 Å². The number of nitrogens with zero attached hydrogens (tertiary/aromatic N) is 2. The van der Waals surface area contributed by atoms with Gasteiger partial charge in [-0.25, -0.2) is 13.4 Å². The Hall–Kier alpha value is -0.960. The molecule has 0 saturated heterocycles. The summed E-state index contributed by atoms with van der Waals surface area (Å²) in [6.07, 6.45) is 0.793. The standard InChI is InChI=1S/C13H17N3O2S3/c1-2-12-15-13(20-16-12)19-6-7-21(17,18)11-5-3-4-10(8-11)9-14/h3-5,8H,2,6-7,9,14H2,1H3. The molecule has 1 aromatic carbocycles. The Kier molecular flexibility index (Phi) is 5.74. The van der Waals surface area contributed by atoms with Crippen molar-refractivity contribution in [1.29, 1.82) is 0 Å². The number of sulfone groups is 1. The first kappa shape index (κ1) is 16.4. The Morgan fingerprint density at radius 2 is 2.19 bits per heavy atom. The van der Waals surface area contributed by atoms with Crippen LogP contribution in [0.15, 0.2) is 33.5 Å². The molecule has 0 unspecified atom stereocenters. The van der Waals surface area contributed by atoms with Gasteiger partial charge in [-0.15, -0.1) is 0 Å². The number of aryl methyl sites for hydroxylation is 1. The Balaban J connectivity index is 1.97. The first-order chi connectivity index (χ1) is 10.0. The molecular weight excluding hydrogens is 326 g/mol. The summed E-state index contributed by atoms with van der Waals surface area (Å²) in [6, 6.07) is 6.79. The van der Waals surface area contributed by atoms with E-state index >= 15 is 0 Å². The van der Waals surface area contributed by atoms with E-state index in [9.17, 15) is 8.42 Å². The van der Waals surface area contributed by atoms with Crippen LogP contribution in [-0.4, -0.2) is 29.3 Å². The lowest BCUT2D eigenvalue weighted by atomic mass is 10.2. The zero-order valence-corrected chi connectivity index (χ0v) is 14.1. The van der Waals surface area contributed by atoms with E-state index in [4.69, 9.17) is 5.73 Å². The molecule has 1 heterocycles. The van der Waals surface area contributed by atoms with Gasteiger partial charge in [0.1, 0.15) is 5.82 Å². The summed E-state index contributed by atoms with van der Waals surface area (Å²) in [6.45, 7) is 2.33. The molecule has 0 aliphatic heterocycles. The average Bonchev–Trinajstić information content (AvgIpc) is 2.95. The minimum Gasteiger partial charge on any atom is -0.326 e. The summed E-state index contributed by atoms with van der Waals surface area (Å²) in [5.41, 5.74) is 6.36. The van der Waals surface area contributed by atoms with Crippen LogP contribution in [0.1, 0.15) is 18.3 Å². The van der Waals surface area contributed by atoms with Crippen molar-refractivity contribution in [3.05, 3.63) is 35.7 Å². The second-order valence-electron chi connectivity index (χ2n) is 4.35. The van der Waals surface area contributed by atoms with Crippen LogP contribution >= 0.6 is 23.3 Å². The summed E-state index contributed by atoms with van der Waals surface area (Å²) >= 11 is 2.75. The highest BCUT2D eigenvalue weighted by atomic mass is 32.2. The van der Waals surface area contributed by atoms with Crippen molar-refractivity contribution in [3.8, 4) is 0 Å². The number of hydrogen-bond donors (Lipinski definition) is 1. The van der Waals surface area contributed by atoms with Crippen molar-refractivity contribution in [2.45, 2.75) is 29.1 Å². The first-order valence-electron chi connectivity index (χ1n) is 6.52. The van der Waals surface area contributed by atoms with Crippen molar-refractivity contribution in [2.75, 3.05) is 11.5 Å². The highest BCUT2D eigenvalue weighted by Gasteiger charge is 2.15. The molecule has 2 rings (SSSR count). The van der Waals surface area contributed by atoms with E-state index in [1.54, 1.807) is 18.2 Å². The Morgan fingerprint density at radius 1 is 1.38 bits per heavy atom. The van der Waals surface area contributed by atoms with Gasteiger partial charge < -0.3 is 5.73 Å². The molecule has 21 heavy (non-hydrogen) atoms. The molecule has 8 heteroatoms. The Morgan fingerprint density at radius 3 is 2.86 bits per heavy atom. The van der Waals surface area contributed by atoms with Crippen LogP contribution in [0.2, 0.25) is 0 Å². The van der Waals surface area contributed by atoms with Crippen LogP contribution in [0, 0.1) is 0 Å². The van der Waals surface area contributed by atoms with E-state index in [-0.39, 0.29) is 5.75 Å². The van der Waals surface area contributed by atoms with Gasteiger partial charge in [0, 0.05) is 18.7 Å². The number of thioether (sulfide) groups is 1. The Labute approximate surface area is 133 Å². The zero-order valence-electron chi connectivity index (χ0n) is 11.7. The summed E-state index contributed by atoms with van der Waals surface area (Å²) in [5.74, 6) is 1.35. The van der Waals surface area contributed by atoms with Crippen LogP contribution in [0.3, 0.4) is 0 Å². The molecule has 0 amide bonds. The molecule has 114 valence electrons. The summed E-state index contributed by atoms with van der Waals surface area (Å²) < 4.78 is 29.5. The van der Waals surface area contributed by atoms with Gasteiger partial charge in [-0.05, 0) is 29.2 Å². The highest BCUT2D eigenvalue weighted by Crippen LogP contribution is 2.22. The molecule has 2 aromatic rings. The molecular formula is C13H17N3O2S3. The lowest BCUT2D eigenvalue weighted by molar-refractivity contribution is 0.597. The maximum absolute atomic E-state index is 12.3. The van der Waals surface area contributed by atoms with Crippen LogP contribution < -0.4 is 5.73 Å². The fourth-order valence-electron chi connectivity index (χ4n) is 1.66. The molecule has 0 aliphatic carbocycles. The summed E-state index contributed by atoms with van der Waals surface area (Å²) in [7, 11) is -3.28. The molecule has 0 radical (unpaired) electrons. The fraction of sp³-hybridized carbons (Fsp3) is 0.385. The molecule has 0 bridgehead atoms. The average molecular weight is 343 g/mol. The van der Waals surface area contributed by atoms with Crippen molar-refractivity contribution in [3.63, 3.8) is 0 Å². The van der Waals surface area contributed by atoms with Gasteiger partial charge in [-0.1, -0.05) is 30.8 Å². The smallest absolute Gasteiger partial charge is 0.179 e. The Bertz CT molecular complexity index is 698. The van der Waals surface area contributed by atoms with Gasteiger partial charge in [0.15, 0.2) is 14.2 Å². The summed E-state index contributed by atoms with van der Waals surface area (Å²) in [5, 5.41) is 0. The third-order valence-corrected chi connectivity index (χ3v) is 6.68. The quantitative estimate of drug-likeness (QED) is 0.775. The van der Waals surface area contributed by atoms with Crippen molar-refractivity contribution < 1.29 is 8.42 Å². The van der Waals surface area contributed by atoms with E-state index in [2.05, 4.69) is 9.36 Å². The van der Waals surface area contributed by atoms with Crippen molar-refractivity contribution >= 4 is 33.1 Å².